The zero-order valence-corrected chi connectivity index (χ0v) is 11.4. The Morgan fingerprint density at radius 1 is 0.824 bits per heavy atom. The highest BCUT2D eigenvalue weighted by molar-refractivity contribution is 6.27. The third-order valence-corrected chi connectivity index (χ3v) is 2.47. The molecule has 17 heavy (non-hydrogen) atoms. The molecule has 0 aromatic carbocycles. The van der Waals surface area contributed by atoms with Crippen LogP contribution < -0.4 is 0 Å². The normalized spacial score (nSPS) is 10.4. The molecule has 0 atom stereocenters. The van der Waals surface area contributed by atoms with Crippen LogP contribution in [0.5, 0.6) is 0 Å². The van der Waals surface area contributed by atoms with Crippen LogP contribution in [0.1, 0.15) is 40.0 Å². The molecule has 102 valence electrons. The Hall–Kier alpha value is -1.10. The van der Waals surface area contributed by atoms with Crippen molar-refractivity contribution in [3.05, 3.63) is 0 Å². The topological polar surface area (TPSA) is 74.6 Å². The van der Waals surface area contributed by atoms with Crippen molar-refractivity contribution in [2.45, 2.75) is 40.0 Å². The summed E-state index contributed by atoms with van der Waals surface area (Å²) in [4.78, 5) is 18.2. The summed E-state index contributed by atoms with van der Waals surface area (Å²) in [7, 11) is 2.39. The first-order valence-corrected chi connectivity index (χ1v) is 6.12. The maximum absolute atomic E-state index is 9.10. The van der Waals surface area contributed by atoms with E-state index in [0.717, 1.165) is 0 Å². The second-order valence-corrected chi connectivity index (χ2v) is 4.40. The van der Waals surface area contributed by atoms with Gasteiger partial charge in [-0.1, -0.05) is 20.8 Å². The highest BCUT2D eigenvalue weighted by atomic mass is 16.4. The van der Waals surface area contributed by atoms with Crippen molar-refractivity contribution in [1.82, 2.24) is 0 Å². The molecule has 0 radical (unpaired) electrons. The van der Waals surface area contributed by atoms with Gasteiger partial charge in [-0.25, -0.2) is 9.59 Å². The standard InChI is InChI=1S/C10H24N.C2H2O4/c1-5-8-11(4,9-6-2)10-7-3;3-1(4)2(5)6/h5-10H2,1-4H3;(H,3,4)(H,5,6)/q+1;. The van der Waals surface area contributed by atoms with Crippen LogP contribution in [0.4, 0.5) is 0 Å². The van der Waals surface area contributed by atoms with Gasteiger partial charge in [0.2, 0.25) is 0 Å². The summed E-state index contributed by atoms with van der Waals surface area (Å²) in [6, 6.07) is 0. The molecule has 0 aliphatic carbocycles. The van der Waals surface area contributed by atoms with E-state index >= 15 is 0 Å². The number of nitrogens with zero attached hydrogens (tertiary/aromatic N) is 1. The van der Waals surface area contributed by atoms with E-state index in [-0.39, 0.29) is 0 Å². The number of hydrogen-bond donors (Lipinski definition) is 2. The Labute approximate surface area is 104 Å². The summed E-state index contributed by atoms with van der Waals surface area (Å²) in [5.74, 6) is -3.65. The first-order chi connectivity index (χ1) is 7.82. The number of rotatable bonds is 6. The molecule has 0 aromatic rings. The van der Waals surface area contributed by atoms with Gasteiger partial charge in [0.1, 0.15) is 0 Å². The maximum Gasteiger partial charge on any atom is 0.414 e. The van der Waals surface area contributed by atoms with Crippen LogP contribution in [-0.2, 0) is 9.59 Å². The van der Waals surface area contributed by atoms with Crippen molar-refractivity contribution in [2.24, 2.45) is 0 Å². The highest BCUT2D eigenvalue weighted by Crippen LogP contribution is 2.06. The molecule has 0 aliphatic heterocycles. The van der Waals surface area contributed by atoms with Gasteiger partial charge >= 0.3 is 11.9 Å². The highest BCUT2D eigenvalue weighted by Gasteiger charge is 2.16. The molecule has 0 unspecified atom stereocenters. The van der Waals surface area contributed by atoms with Crippen LogP contribution in [-0.4, -0.2) is 53.3 Å². The van der Waals surface area contributed by atoms with Gasteiger partial charge in [-0.2, -0.15) is 0 Å². The maximum atomic E-state index is 9.10. The van der Waals surface area contributed by atoms with Crippen LogP contribution in [0, 0.1) is 0 Å². The Bertz CT molecular complexity index is 200. The second-order valence-electron chi connectivity index (χ2n) is 4.40. The molecule has 0 spiro atoms. The average Bonchev–Trinajstić information content (AvgIpc) is 2.19. The van der Waals surface area contributed by atoms with Gasteiger partial charge in [0.15, 0.2) is 0 Å². The van der Waals surface area contributed by atoms with E-state index < -0.39 is 11.9 Å². The van der Waals surface area contributed by atoms with Crippen molar-refractivity contribution in [2.75, 3.05) is 26.7 Å². The Kier molecular flexibility index (Phi) is 10.8. The number of carbonyl (C=O) groups is 2. The lowest BCUT2D eigenvalue weighted by Gasteiger charge is -2.33. The number of carboxylic acids is 2. The lowest BCUT2D eigenvalue weighted by Crippen LogP contribution is -2.45. The minimum Gasteiger partial charge on any atom is -0.473 e. The van der Waals surface area contributed by atoms with Gasteiger partial charge in [0.05, 0.1) is 26.7 Å². The fraction of sp³-hybridized carbons (Fsp3) is 0.833. The third-order valence-electron chi connectivity index (χ3n) is 2.47. The molecule has 0 amide bonds. The minimum absolute atomic E-state index is 1.28. The van der Waals surface area contributed by atoms with Crippen LogP contribution in [0.15, 0.2) is 0 Å². The molecule has 0 bridgehead atoms. The van der Waals surface area contributed by atoms with Crippen LogP contribution in [0.3, 0.4) is 0 Å². The van der Waals surface area contributed by atoms with Gasteiger partial charge in [0.25, 0.3) is 0 Å². The summed E-state index contributed by atoms with van der Waals surface area (Å²) in [6.45, 7) is 10.9. The fourth-order valence-corrected chi connectivity index (χ4v) is 1.95. The lowest BCUT2D eigenvalue weighted by atomic mass is 10.2. The molecule has 0 rings (SSSR count). The lowest BCUT2D eigenvalue weighted by molar-refractivity contribution is -0.909. The largest absolute Gasteiger partial charge is 0.473 e. The second kappa shape index (κ2) is 10.1. The van der Waals surface area contributed by atoms with E-state index in [2.05, 4.69) is 27.8 Å². The smallest absolute Gasteiger partial charge is 0.414 e. The average molecular weight is 248 g/mol. The molecular weight excluding hydrogens is 222 g/mol. The molecular formula is C12H26NO4+. The van der Waals surface area contributed by atoms with Crippen LogP contribution in [0.25, 0.3) is 0 Å². The van der Waals surface area contributed by atoms with E-state index in [1.807, 2.05) is 0 Å². The third kappa shape index (κ3) is 11.2. The Balaban J connectivity index is 0. The summed E-state index contributed by atoms with van der Waals surface area (Å²) in [5.41, 5.74) is 0. The Morgan fingerprint density at radius 3 is 1.18 bits per heavy atom. The van der Waals surface area contributed by atoms with E-state index in [4.69, 9.17) is 19.8 Å². The van der Waals surface area contributed by atoms with Gasteiger partial charge in [-0.05, 0) is 19.3 Å². The number of aliphatic carboxylic acids is 2. The van der Waals surface area contributed by atoms with Crippen molar-refractivity contribution in [3.63, 3.8) is 0 Å². The number of hydrogen-bond acceptors (Lipinski definition) is 2. The predicted octanol–water partition coefficient (Wildman–Crippen LogP) is 1.82. The quantitative estimate of drug-likeness (QED) is 0.555. The van der Waals surface area contributed by atoms with Gasteiger partial charge < -0.3 is 14.7 Å². The predicted molar refractivity (Wildman–Crippen MR) is 66.9 cm³/mol. The first-order valence-electron chi connectivity index (χ1n) is 6.12. The van der Waals surface area contributed by atoms with Gasteiger partial charge in [-0.15, -0.1) is 0 Å². The van der Waals surface area contributed by atoms with E-state index in [1.165, 1.54) is 43.4 Å². The molecule has 2 N–H and O–H groups in total. The van der Waals surface area contributed by atoms with E-state index in [9.17, 15) is 0 Å². The van der Waals surface area contributed by atoms with Crippen LogP contribution in [0.2, 0.25) is 0 Å². The van der Waals surface area contributed by atoms with Crippen LogP contribution >= 0.6 is 0 Å². The van der Waals surface area contributed by atoms with Crippen molar-refractivity contribution in [3.8, 4) is 0 Å². The molecule has 0 saturated heterocycles. The monoisotopic (exact) mass is 248 g/mol. The van der Waals surface area contributed by atoms with E-state index in [1.54, 1.807) is 0 Å². The van der Waals surface area contributed by atoms with E-state index in [0.29, 0.717) is 0 Å². The fourth-order valence-electron chi connectivity index (χ4n) is 1.95. The minimum atomic E-state index is -1.82. The summed E-state index contributed by atoms with van der Waals surface area (Å²) in [5, 5.41) is 14.8. The zero-order chi connectivity index (χ0) is 13.9. The molecule has 0 aromatic heterocycles. The van der Waals surface area contributed by atoms with Crippen molar-refractivity contribution < 1.29 is 24.3 Å². The molecule has 0 fully saturated rings. The number of carboxylic acid groups (broad SMARTS) is 2. The number of quaternary nitrogens is 1. The molecule has 5 nitrogen and oxygen atoms in total. The summed E-state index contributed by atoms with van der Waals surface area (Å²) < 4.78 is 1.28. The SMILES string of the molecule is CCC[N+](C)(CCC)CCC.O=C(O)C(=O)O. The molecule has 0 aliphatic rings. The van der Waals surface area contributed by atoms with Gasteiger partial charge in [0, 0.05) is 0 Å². The first kappa shape index (κ1) is 18.3. The summed E-state index contributed by atoms with van der Waals surface area (Å²) in [6.07, 6.45) is 3.95. The van der Waals surface area contributed by atoms with Crippen molar-refractivity contribution >= 4 is 11.9 Å². The molecule has 5 heteroatoms. The molecule has 0 heterocycles. The van der Waals surface area contributed by atoms with Crippen molar-refractivity contribution in [1.29, 1.82) is 0 Å². The Morgan fingerprint density at radius 2 is 1.06 bits per heavy atom. The van der Waals surface area contributed by atoms with Gasteiger partial charge in [-0.3, -0.25) is 0 Å². The zero-order valence-electron chi connectivity index (χ0n) is 11.4. The molecule has 0 saturated carbocycles. The summed E-state index contributed by atoms with van der Waals surface area (Å²) >= 11 is 0.